The van der Waals surface area contributed by atoms with Gasteiger partial charge in [0.25, 0.3) is 0 Å². The Labute approximate surface area is 142 Å². The van der Waals surface area contributed by atoms with Gasteiger partial charge in [-0.2, -0.15) is 0 Å². The number of anilines is 1. The standard InChI is InChI=1S/C18H21NO4S/c1-18(2,3)24(21,22)13-14-6-4-7-15(12-14)19-17(20)10-9-16-8-5-11-23-16/h4-12H,13H2,1-3H3,(H,19,20)/b10-9-. The first-order valence-electron chi connectivity index (χ1n) is 7.51. The summed E-state index contributed by atoms with van der Waals surface area (Å²) < 4.78 is 28.8. The maximum Gasteiger partial charge on any atom is 0.248 e. The molecule has 24 heavy (non-hydrogen) atoms. The van der Waals surface area contributed by atoms with Crippen molar-refractivity contribution in [2.45, 2.75) is 31.3 Å². The zero-order valence-corrected chi connectivity index (χ0v) is 14.8. The van der Waals surface area contributed by atoms with Crippen molar-refractivity contribution in [1.82, 2.24) is 0 Å². The fraction of sp³-hybridized carbons (Fsp3) is 0.278. The Kier molecular flexibility index (Phi) is 5.29. The molecule has 0 aliphatic rings. The first kappa shape index (κ1) is 18.0. The van der Waals surface area contributed by atoms with Crippen LogP contribution in [0.5, 0.6) is 0 Å². The Balaban J connectivity index is 2.06. The number of hydrogen-bond acceptors (Lipinski definition) is 4. The Hall–Kier alpha value is -2.34. The number of carbonyl (C=O) groups is 1. The molecule has 0 aliphatic heterocycles. The Morgan fingerprint density at radius 3 is 2.58 bits per heavy atom. The summed E-state index contributed by atoms with van der Waals surface area (Å²) >= 11 is 0. The molecule has 0 saturated heterocycles. The van der Waals surface area contributed by atoms with Crippen molar-refractivity contribution in [3.05, 3.63) is 60.1 Å². The summed E-state index contributed by atoms with van der Waals surface area (Å²) in [6, 6.07) is 10.3. The molecule has 0 saturated carbocycles. The van der Waals surface area contributed by atoms with Crippen LogP contribution in [0.15, 0.2) is 53.2 Å². The summed E-state index contributed by atoms with van der Waals surface area (Å²) in [5.74, 6) is 0.194. The second-order valence-electron chi connectivity index (χ2n) is 6.41. The first-order valence-corrected chi connectivity index (χ1v) is 9.16. The van der Waals surface area contributed by atoms with Crippen LogP contribution in [0.3, 0.4) is 0 Å². The largest absolute Gasteiger partial charge is 0.465 e. The summed E-state index contributed by atoms with van der Waals surface area (Å²) in [5.41, 5.74) is 1.18. The van der Waals surface area contributed by atoms with Crippen LogP contribution in [-0.4, -0.2) is 19.1 Å². The summed E-state index contributed by atoms with van der Waals surface area (Å²) in [7, 11) is -3.27. The molecule has 0 unspecified atom stereocenters. The third-order valence-corrected chi connectivity index (χ3v) is 6.01. The van der Waals surface area contributed by atoms with Crippen LogP contribution in [0, 0.1) is 0 Å². The molecule has 0 radical (unpaired) electrons. The average molecular weight is 347 g/mol. The van der Waals surface area contributed by atoms with E-state index >= 15 is 0 Å². The van der Waals surface area contributed by atoms with Crippen molar-refractivity contribution >= 4 is 27.5 Å². The van der Waals surface area contributed by atoms with Crippen LogP contribution in [0.2, 0.25) is 0 Å². The van der Waals surface area contributed by atoms with Gasteiger partial charge in [0.15, 0.2) is 9.84 Å². The second kappa shape index (κ2) is 7.05. The molecule has 1 amide bonds. The van der Waals surface area contributed by atoms with E-state index in [2.05, 4.69) is 5.32 Å². The van der Waals surface area contributed by atoms with Gasteiger partial charge >= 0.3 is 0 Å². The Morgan fingerprint density at radius 2 is 1.96 bits per heavy atom. The molecule has 0 fully saturated rings. The van der Waals surface area contributed by atoms with Gasteiger partial charge in [-0.3, -0.25) is 4.79 Å². The Bertz CT molecular complexity index is 828. The molecular weight excluding hydrogens is 326 g/mol. The number of amides is 1. The maximum absolute atomic E-state index is 12.3. The summed E-state index contributed by atoms with van der Waals surface area (Å²) in [6.45, 7) is 5.02. The van der Waals surface area contributed by atoms with Gasteiger partial charge in [0.1, 0.15) is 5.76 Å². The van der Waals surface area contributed by atoms with E-state index in [4.69, 9.17) is 4.42 Å². The minimum atomic E-state index is -3.27. The van der Waals surface area contributed by atoms with Crippen molar-refractivity contribution in [2.75, 3.05) is 5.32 Å². The number of hydrogen-bond donors (Lipinski definition) is 1. The SMILES string of the molecule is CC(C)(C)S(=O)(=O)Cc1cccc(NC(=O)/C=C\c2ccco2)c1. The number of carbonyl (C=O) groups excluding carboxylic acids is 1. The lowest BCUT2D eigenvalue weighted by atomic mass is 10.2. The first-order chi connectivity index (χ1) is 11.2. The van der Waals surface area contributed by atoms with Crippen LogP contribution in [0.1, 0.15) is 32.1 Å². The van der Waals surface area contributed by atoms with Crippen LogP contribution < -0.4 is 5.32 Å². The number of furan rings is 1. The van der Waals surface area contributed by atoms with Crippen LogP contribution in [0.25, 0.3) is 6.08 Å². The lowest BCUT2D eigenvalue weighted by molar-refractivity contribution is -0.111. The third kappa shape index (κ3) is 4.83. The van der Waals surface area contributed by atoms with E-state index in [1.165, 1.54) is 12.3 Å². The predicted octanol–water partition coefficient (Wildman–Crippen LogP) is 3.64. The van der Waals surface area contributed by atoms with E-state index in [-0.39, 0.29) is 11.7 Å². The zero-order chi connectivity index (χ0) is 17.8. The molecule has 0 atom stereocenters. The van der Waals surface area contributed by atoms with E-state index in [1.54, 1.807) is 63.2 Å². The maximum atomic E-state index is 12.3. The third-order valence-electron chi connectivity index (χ3n) is 3.43. The van der Waals surface area contributed by atoms with Gasteiger partial charge in [-0.05, 0) is 56.7 Å². The fourth-order valence-electron chi connectivity index (χ4n) is 1.90. The van der Waals surface area contributed by atoms with Crippen molar-refractivity contribution in [2.24, 2.45) is 0 Å². The molecule has 1 aromatic heterocycles. The molecule has 5 nitrogen and oxygen atoms in total. The van der Waals surface area contributed by atoms with E-state index in [9.17, 15) is 13.2 Å². The molecule has 1 N–H and O–H groups in total. The zero-order valence-electron chi connectivity index (χ0n) is 13.9. The highest BCUT2D eigenvalue weighted by Gasteiger charge is 2.28. The van der Waals surface area contributed by atoms with E-state index in [0.29, 0.717) is 17.0 Å². The minimum Gasteiger partial charge on any atom is -0.465 e. The molecule has 0 aliphatic carbocycles. The highest BCUT2D eigenvalue weighted by atomic mass is 32.2. The van der Waals surface area contributed by atoms with Gasteiger partial charge < -0.3 is 9.73 Å². The average Bonchev–Trinajstić information content (AvgIpc) is 2.97. The Morgan fingerprint density at radius 1 is 1.21 bits per heavy atom. The molecule has 0 bridgehead atoms. The van der Waals surface area contributed by atoms with Gasteiger partial charge in [-0.25, -0.2) is 8.42 Å². The second-order valence-corrected chi connectivity index (χ2v) is 9.15. The van der Waals surface area contributed by atoms with Gasteiger partial charge in [-0.1, -0.05) is 12.1 Å². The van der Waals surface area contributed by atoms with E-state index in [1.807, 2.05) is 0 Å². The highest BCUT2D eigenvalue weighted by Crippen LogP contribution is 2.22. The summed E-state index contributed by atoms with van der Waals surface area (Å²) in [6.07, 6.45) is 4.44. The molecule has 2 rings (SSSR count). The highest BCUT2D eigenvalue weighted by molar-refractivity contribution is 7.91. The number of sulfone groups is 1. The van der Waals surface area contributed by atoms with E-state index < -0.39 is 14.6 Å². The van der Waals surface area contributed by atoms with Gasteiger partial charge in [0.05, 0.1) is 16.8 Å². The quantitative estimate of drug-likeness (QED) is 0.838. The molecular formula is C18H21NO4S. The van der Waals surface area contributed by atoms with Gasteiger partial charge in [0.2, 0.25) is 5.91 Å². The lowest BCUT2D eigenvalue weighted by Crippen LogP contribution is -2.29. The molecule has 1 heterocycles. The van der Waals surface area contributed by atoms with Gasteiger partial charge in [0, 0.05) is 11.8 Å². The molecule has 6 heteroatoms. The lowest BCUT2D eigenvalue weighted by Gasteiger charge is -2.19. The van der Waals surface area contributed by atoms with Crippen LogP contribution in [0.4, 0.5) is 5.69 Å². The van der Waals surface area contributed by atoms with Gasteiger partial charge in [-0.15, -0.1) is 0 Å². The summed E-state index contributed by atoms with van der Waals surface area (Å²) in [4.78, 5) is 11.9. The normalized spacial score (nSPS) is 12.5. The van der Waals surface area contributed by atoms with Crippen molar-refractivity contribution in [1.29, 1.82) is 0 Å². The molecule has 1 aromatic carbocycles. The fourth-order valence-corrected chi connectivity index (χ4v) is 2.95. The number of rotatable bonds is 5. The topological polar surface area (TPSA) is 76.4 Å². The monoisotopic (exact) mass is 347 g/mol. The molecule has 0 spiro atoms. The van der Waals surface area contributed by atoms with Crippen LogP contribution >= 0.6 is 0 Å². The predicted molar refractivity (Wildman–Crippen MR) is 95.2 cm³/mol. The number of nitrogens with one attached hydrogen (secondary N) is 1. The smallest absolute Gasteiger partial charge is 0.248 e. The summed E-state index contributed by atoms with van der Waals surface area (Å²) in [5, 5.41) is 2.71. The number of benzene rings is 1. The molecule has 2 aromatic rings. The van der Waals surface area contributed by atoms with Crippen molar-refractivity contribution in [3.8, 4) is 0 Å². The minimum absolute atomic E-state index is 0.0670. The van der Waals surface area contributed by atoms with Crippen molar-refractivity contribution in [3.63, 3.8) is 0 Å². The van der Waals surface area contributed by atoms with Crippen molar-refractivity contribution < 1.29 is 17.6 Å². The van der Waals surface area contributed by atoms with Crippen LogP contribution in [-0.2, 0) is 20.4 Å². The molecule has 128 valence electrons. The van der Waals surface area contributed by atoms with E-state index in [0.717, 1.165) is 0 Å².